The van der Waals surface area contributed by atoms with Crippen LogP contribution in [0.4, 0.5) is 5.69 Å². The molecule has 2 N–H and O–H groups in total. The Balaban J connectivity index is 1.67. The molecule has 3 rings (SSSR count). The number of benzene rings is 1. The van der Waals surface area contributed by atoms with Crippen molar-refractivity contribution in [2.24, 2.45) is 0 Å². The summed E-state index contributed by atoms with van der Waals surface area (Å²) in [6, 6.07) is 12.0. The summed E-state index contributed by atoms with van der Waals surface area (Å²) in [5.41, 5.74) is 3.53. The predicted molar refractivity (Wildman–Crippen MR) is 93.8 cm³/mol. The zero-order valence-electron chi connectivity index (χ0n) is 13.0. The monoisotopic (exact) mass is 326 g/mol. The Hall–Kier alpha value is -2.60. The predicted octanol–water partition coefficient (Wildman–Crippen LogP) is 3.13. The van der Waals surface area contributed by atoms with Crippen LogP contribution in [0.2, 0.25) is 0 Å². The first-order valence-corrected chi connectivity index (χ1v) is 8.15. The summed E-state index contributed by atoms with van der Waals surface area (Å²) in [6.07, 6.45) is 1.57. The molecule has 5 nitrogen and oxygen atoms in total. The molecule has 6 heteroatoms. The Morgan fingerprint density at radius 3 is 2.70 bits per heavy atom. The van der Waals surface area contributed by atoms with Crippen LogP contribution < -0.4 is 10.2 Å². The van der Waals surface area contributed by atoms with Crippen molar-refractivity contribution in [2.45, 2.75) is 6.54 Å². The highest BCUT2D eigenvalue weighted by atomic mass is 32.1. The minimum Gasteiger partial charge on any atom is -0.378 e. The molecule has 0 spiro atoms. The van der Waals surface area contributed by atoms with Gasteiger partial charge in [-0.3, -0.25) is 9.89 Å². The molecule has 2 aromatic heterocycles. The highest BCUT2D eigenvalue weighted by Crippen LogP contribution is 2.25. The lowest BCUT2D eigenvalue weighted by Crippen LogP contribution is -2.23. The molecule has 0 fully saturated rings. The minimum atomic E-state index is -0.126. The summed E-state index contributed by atoms with van der Waals surface area (Å²) in [6.45, 7) is 0.488. The summed E-state index contributed by atoms with van der Waals surface area (Å²) in [7, 11) is 4.00. The molecule has 0 saturated carbocycles. The average Bonchev–Trinajstić information content (AvgIpc) is 3.23. The van der Waals surface area contributed by atoms with E-state index in [0.29, 0.717) is 12.1 Å². The number of aromatic amines is 1. The Morgan fingerprint density at radius 1 is 1.26 bits per heavy atom. The number of carbonyl (C=O) groups excluding carboxylic acids is 1. The number of thiophene rings is 1. The van der Waals surface area contributed by atoms with Crippen LogP contribution in [0.5, 0.6) is 0 Å². The van der Waals surface area contributed by atoms with E-state index in [2.05, 4.69) is 15.5 Å². The molecule has 0 bridgehead atoms. The van der Waals surface area contributed by atoms with E-state index >= 15 is 0 Å². The van der Waals surface area contributed by atoms with E-state index in [4.69, 9.17) is 0 Å². The molecule has 1 aromatic carbocycles. The molecule has 0 aliphatic rings. The summed E-state index contributed by atoms with van der Waals surface area (Å²) in [5.74, 6) is -0.126. The fourth-order valence-corrected chi connectivity index (χ4v) is 2.99. The zero-order chi connectivity index (χ0) is 16.2. The normalized spacial score (nSPS) is 10.5. The van der Waals surface area contributed by atoms with Crippen molar-refractivity contribution in [1.82, 2.24) is 15.5 Å². The number of amides is 1. The van der Waals surface area contributed by atoms with Gasteiger partial charge >= 0.3 is 0 Å². The second-order valence-electron chi connectivity index (χ2n) is 5.38. The molecule has 118 valence electrons. The number of nitrogens with one attached hydrogen (secondary N) is 2. The van der Waals surface area contributed by atoms with Crippen LogP contribution in [0.25, 0.3) is 10.6 Å². The lowest BCUT2D eigenvalue weighted by molar-refractivity contribution is 0.0951. The number of rotatable bonds is 5. The number of H-pyrrole nitrogens is 1. The Bertz CT molecular complexity index is 775. The summed E-state index contributed by atoms with van der Waals surface area (Å²) in [4.78, 5) is 15.4. The van der Waals surface area contributed by atoms with E-state index < -0.39 is 0 Å². The third kappa shape index (κ3) is 3.43. The topological polar surface area (TPSA) is 61.0 Å². The molecule has 0 aliphatic carbocycles. The average molecular weight is 326 g/mol. The zero-order valence-corrected chi connectivity index (χ0v) is 13.9. The maximum Gasteiger partial charge on any atom is 0.255 e. The van der Waals surface area contributed by atoms with Crippen LogP contribution in [-0.2, 0) is 6.54 Å². The molecular weight excluding hydrogens is 308 g/mol. The van der Waals surface area contributed by atoms with Gasteiger partial charge in [0.15, 0.2) is 0 Å². The fourth-order valence-electron chi connectivity index (χ4n) is 2.26. The van der Waals surface area contributed by atoms with Gasteiger partial charge in [-0.25, -0.2) is 0 Å². The smallest absolute Gasteiger partial charge is 0.255 e. The Labute approximate surface area is 139 Å². The standard InChI is InChI=1S/C17H18N4OS/c1-21(2)13-7-5-12(6-8-13)10-18-17(22)14-11-19-20-16(14)15-4-3-9-23-15/h3-9,11H,10H2,1-2H3,(H,18,22)(H,19,20). The minimum absolute atomic E-state index is 0.126. The Morgan fingerprint density at radius 2 is 2.04 bits per heavy atom. The number of nitrogens with zero attached hydrogens (tertiary/aromatic N) is 2. The highest BCUT2D eigenvalue weighted by molar-refractivity contribution is 7.13. The molecule has 3 aromatic rings. The van der Waals surface area contributed by atoms with Crippen molar-refractivity contribution < 1.29 is 4.79 Å². The van der Waals surface area contributed by atoms with Crippen molar-refractivity contribution in [3.63, 3.8) is 0 Å². The summed E-state index contributed by atoms with van der Waals surface area (Å²) >= 11 is 1.58. The molecule has 0 unspecified atom stereocenters. The van der Waals surface area contributed by atoms with Gasteiger partial charge in [0, 0.05) is 26.3 Å². The first-order chi connectivity index (χ1) is 11.1. The molecule has 0 saturated heterocycles. The van der Waals surface area contributed by atoms with E-state index in [1.807, 2.05) is 60.8 Å². The van der Waals surface area contributed by atoms with Gasteiger partial charge in [0.2, 0.25) is 0 Å². The lowest BCUT2D eigenvalue weighted by Gasteiger charge is -2.13. The van der Waals surface area contributed by atoms with Crippen LogP contribution in [0.1, 0.15) is 15.9 Å². The third-order valence-electron chi connectivity index (χ3n) is 3.56. The van der Waals surface area contributed by atoms with Gasteiger partial charge in [0.05, 0.1) is 22.3 Å². The van der Waals surface area contributed by atoms with Crippen molar-refractivity contribution in [1.29, 1.82) is 0 Å². The quantitative estimate of drug-likeness (QED) is 0.757. The molecule has 1 amide bonds. The second-order valence-corrected chi connectivity index (χ2v) is 6.33. The van der Waals surface area contributed by atoms with E-state index in [-0.39, 0.29) is 5.91 Å². The van der Waals surface area contributed by atoms with Crippen LogP contribution in [-0.4, -0.2) is 30.2 Å². The maximum atomic E-state index is 12.4. The van der Waals surface area contributed by atoms with Gasteiger partial charge in [-0.05, 0) is 29.1 Å². The molecular formula is C17H18N4OS. The van der Waals surface area contributed by atoms with Gasteiger partial charge in [0.1, 0.15) is 0 Å². The first-order valence-electron chi connectivity index (χ1n) is 7.27. The van der Waals surface area contributed by atoms with Gasteiger partial charge in [0.25, 0.3) is 5.91 Å². The van der Waals surface area contributed by atoms with Crippen molar-refractivity contribution in [3.8, 4) is 10.6 Å². The largest absolute Gasteiger partial charge is 0.378 e. The summed E-state index contributed by atoms with van der Waals surface area (Å²) in [5, 5.41) is 11.8. The second kappa shape index (κ2) is 6.66. The third-order valence-corrected chi connectivity index (χ3v) is 4.44. The van der Waals surface area contributed by atoms with Crippen LogP contribution in [0.3, 0.4) is 0 Å². The van der Waals surface area contributed by atoms with Crippen LogP contribution >= 0.6 is 11.3 Å². The molecule has 0 aliphatic heterocycles. The van der Waals surface area contributed by atoms with Crippen molar-refractivity contribution in [2.75, 3.05) is 19.0 Å². The van der Waals surface area contributed by atoms with Crippen molar-refractivity contribution in [3.05, 3.63) is 59.1 Å². The van der Waals surface area contributed by atoms with Crippen LogP contribution in [0.15, 0.2) is 48.0 Å². The van der Waals surface area contributed by atoms with Gasteiger partial charge in [-0.15, -0.1) is 11.3 Å². The van der Waals surface area contributed by atoms with E-state index in [9.17, 15) is 4.79 Å². The fraction of sp³-hybridized carbons (Fsp3) is 0.176. The highest BCUT2D eigenvalue weighted by Gasteiger charge is 2.15. The number of aromatic nitrogens is 2. The Kier molecular flexibility index (Phi) is 4.43. The van der Waals surface area contributed by atoms with Gasteiger partial charge < -0.3 is 10.2 Å². The number of hydrogen-bond donors (Lipinski definition) is 2. The molecule has 0 radical (unpaired) electrons. The van der Waals surface area contributed by atoms with E-state index in [1.165, 1.54) is 0 Å². The number of carbonyl (C=O) groups is 1. The maximum absolute atomic E-state index is 12.4. The lowest BCUT2D eigenvalue weighted by atomic mass is 10.1. The van der Waals surface area contributed by atoms with Gasteiger partial charge in [-0.1, -0.05) is 18.2 Å². The molecule has 0 atom stereocenters. The van der Waals surface area contributed by atoms with Gasteiger partial charge in [-0.2, -0.15) is 5.10 Å². The summed E-state index contributed by atoms with van der Waals surface area (Å²) < 4.78 is 0. The molecule has 23 heavy (non-hydrogen) atoms. The number of anilines is 1. The van der Waals surface area contributed by atoms with Crippen molar-refractivity contribution >= 4 is 22.9 Å². The van der Waals surface area contributed by atoms with Crippen LogP contribution in [0, 0.1) is 0 Å². The van der Waals surface area contributed by atoms with E-state index in [1.54, 1.807) is 17.5 Å². The number of hydrogen-bond acceptors (Lipinski definition) is 4. The van der Waals surface area contributed by atoms with E-state index in [0.717, 1.165) is 21.8 Å². The SMILES string of the molecule is CN(C)c1ccc(CNC(=O)c2cn[nH]c2-c2cccs2)cc1. The molecule has 2 heterocycles. The first kappa shape index (κ1) is 15.3.